The lowest BCUT2D eigenvalue weighted by Crippen LogP contribution is -2.18. The number of rotatable bonds is 6. The van der Waals surface area contributed by atoms with Gasteiger partial charge in [-0.25, -0.2) is 4.31 Å². The highest BCUT2D eigenvalue weighted by Crippen LogP contribution is 2.18. The summed E-state index contributed by atoms with van der Waals surface area (Å²) in [6.45, 7) is 7.02. The maximum Gasteiger partial charge on any atom is 0.336 e. The molecule has 12 heavy (non-hydrogen) atoms. The molecule has 0 saturated carbocycles. The summed E-state index contributed by atoms with van der Waals surface area (Å²) in [6.07, 6.45) is 0. The maximum absolute atomic E-state index is 11.1. The molecule has 4 nitrogen and oxygen atoms in total. The van der Waals surface area contributed by atoms with Gasteiger partial charge in [0.2, 0.25) is 0 Å². The quantitative estimate of drug-likeness (QED) is 0.491. The summed E-state index contributed by atoms with van der Waals surface area (Å²) >= 11 is 0. The van der Waals surface area contributed by atoms with Gasteiger partial charge in [0, 0.05) is 13.1 Å². The minimum absolute atomic E-state index is 0.191. The second-order valence-electron chi connectivity index (χ2n) is 2.00. The predicted molar refractivity (Wildman–Crippen MR) is 51.1 cm³/mol. The summed E-state index contributed by atoms with van der Waals surface area (Å²) in [6, 6.07) is 0. The fraction of sp³-hybridized carbons (Fsp3) is 1.00. The van der Waals surface area contributed by atoms with Crippen molar-refractivity contribution >= 4 is 20.1 Å². The topological polar surface area (TPSA) is 46.6 Å². The molecule has 0 radical (unpaired) electrons. The molecule has 0 unspecified atom stereocenters. The van der Waals surface area contributed by atoms with Gasteiger partial charge in [-0.1, -0.05) is 13.8 Å². The molecule has 0 heterocycles. The lowest BCUT2D eigenvalue weighted by Gasteiger charge is -2.14. The van der Waals surface area contributed by atoms with Gasteiger partial charge in [-0.15, -0.1) is 0 Å². The maximum atomic E-state index is 11.1. The van der Waals surface area contributed by atoms with Crippen molar-refractivity contribution in [2.45, 2.75) is 20.8 Å². The van der Waals surface area contributed by atoms with Crippen molar-refractivity contribution in [3.05, 3.63) is 0 Å². The zero-order valence-corrected chi connectivity index (χ0v) is 9.24. The van der Waals surface area contributed by atoms with Crippen LogP contribution in [0.25, 0.3) is 0 Å². The van der Waals surface area contributed by atoms with E-state index in [0.29, 0.717) is 13.1 Å². The molecule has 0 fully saturated rings. The summed E-state index contributed by atoms with van der Waals surface area (Å²) in [4.78, 5) is 0. The van der Waals surface area contributed by atoms with E-state index >= 15 is 0 Å². The molecular formula is C6H15NO3S2. The average Bonchev–Trinajstić information content (AvgIpc) is 2.00. The number of nitrogens with zero attached hydrogens (tertiary/aromatic N) is 1. The largest absolute Gasteiger partial charge is 0.336 e. The van der Waals surface area contributed by atoms with Crippen LogP contribution in [0.3, 0.4) is 0 Å². The fourth-order valence-corrected chi connectivity index (χ4v) is 3.25. The lowest BCUT2D eigenvalue weighted by molar-refractivity contribution is 0.349. The Morgan fingerprint density at radius 3 is 2.08 bits per heavy atom. The van der Waals surface area contributed by atoms with Crippen LogP contribution in [-0.2, 0) is 13.3 Å². The highest BCUT2D eigenvalue weighted by atomic mass is 33.2. The first-order valence-electron chi connectivity index (χ1n) is 3.89. The Hall–Kier alpha value is 0.220. The summed E-state index contributed by atoms with van der Waals surface area (Å²) in [5.41, 5.74) is 0. The van der Waals surface area contributed by atoms with E-state index in [2.05, 4.69) is 4.18 Å². The molecule has 0 atom stereocenters. The van der Waals surface area contributed by atoms with E-state index in [1.165, 1.54) is 0 Å². The lowest BCUT2D eigenvalue weighted by atomic mass is 10.7. The molecular weight excluding hydrogens is 198 g/mol. The highest BCUT2D eigenvalue weighted by molar-refractivity contribution is 8.69. The van der Waals surface area contributed by atoms with E-state index in [0.717, 1.165) is 11.0 Å². The van der Waals surface area contributed by atoms with E-state index in [9.17, 15) is 8.42 Å². The Labute approximate surface area is 77.9 Å². The molecule has 0 aromatic rings. The van der Waals surface area contributed by atoms with E-state index in [4.69, 9.17) is 0 Å². The summed E-state index contributed by atoms with van der Waals surface area (Å²) < 4.78 is 28.4. The number of hydrogen-bond acceptors (Lipinski definition) is 5. The Morgan fingerprint density at radius 2 is 1.75 bits per heavy atom. The monoisotopic (exact) mass is 213 g/mol. The van der Waals surface area contributed by atoms with Gasteiger partial charge in [0.15, 0.2) is 0 Å². The van der Waals surface area contributed by atoms with Crippen molar-refractivity contribution in [3.63, 3.8) is 0 Å². The van der Waals surface area contributed by atoms with Crippen molar-refractivity contribution in [1.29, 1.82) is 0 Å². The standard InChI is InChI=1S/C6H15NO3S2/c1-4-7(5-2)11-12(8,9)10-6-3/h4-6H2,1-3H3. The molecule has 0 bridgehead atoms. The molecule has 0 rings (SSSR count). The molecule has 0 spiro atoms. The zero-order chi connectivity index (χ0) is 9.61. The first kappa shape index (κ1) is 12.2. The molecule has 0 N–H and O–H groups in total. The van der Waals surface area contributed by atoms with Crippen LogP contribution < -0.4 is 0 Å². The molecule has 0 amide bonds. The molecule has 0 aliphatic rings. The third-order valence-corrected chi connectivity index (χ3v) is 4.07. The van der Waals surface area contributed by atoms with Crippen LogP contribution in [0.4, 0.5) is 0 Å². The van der Waals surface area contributed by atoms with E-state index in [-0.39, 0.29) is 6.61 Å². The molecule has 0 aromatic carbocycles. The normalized spacial score (nSPS) is 12.3. The van der Waals surface area contributed by atoms with Gasteiger partial charge >= 0.3 is 9.15 Å². The van der Waals surface area contributed by atoms with Crippen LogP contribution in [0, 0.1) is 0 Å². The third kappa shape index (κ3) is 4.97. The Kier molecular flexibility index (Phi) is 5.90. The van der Waals surface area contributed by atoms with Crippen molar-refractivity contribution in [2.75, 3.05) is 19.7 Å². The Balaban J connectivity index is 4.03. The van der Waals surface area contributed by atoms with Crippen LogP contribution in [0.1, 0.15) is 20.8 Å². The van der Waals surface area contributed by atoms with Crippen molar-refractivity contribution in [3.8, 4) is 0 Å². The fourth-order valence-electron chi connectivity index (χ4n) is 0.624. The Morgan fingerprint density at radius 1 is 1.25 bits per heavy atom. The van der Waals surface area contributed by atoms with Gasteiger partial charge in [-0.3, -0.25) is 4.18 Å². The highest BCUT2D eigenvalue weighted by Gasteiger charge is 2.15. The van der Waals surface area contributed by atoms with Crippen molar-refractivity contribution in [2.24, 2.45) is 0 Å². The van der Waals surface area contributed by atoms with Crippen LogP contribution in [0.5, 0.6) is 0 Å². The van der Waals surface area contributed by atoms with E-state index in [1.807, 2.05) is 13.8 Å². The first-order chi connectivity index (χ1) is 5.55. The van der Waals surface area contributed by atoms with Crippen molar-refractivity contribution in [1.82, 2.24) is 4.31 Å². The minimum atomic E-state index is -3.41. The first-order valence-corrected chi connectivity index (χ1v) is 6.59. The smallest absolute Gasteiger partial charge is 0.261 e. The van der Waals surface area contributed by atoms with E-state index < -0.39 is 9.15 Å². The SMILES string of the molecule is CCOS(=O)(=O)SN(CC)CC. The molecule has 0 aliphatic heterocycles. The van der Waals surface area contributed by atoms with E-state index in [1.54, 1.807) is 11.2 Å². The van der Waals surface area contributed by atoms with Crippen LogP contribution in [0.15, 0.2) is 0 Å². The van der Waals surface area contributed by atoms with Gasteiger partial charge in [0.1, 0.15) is 0 Å². The molecule has 0 saturated heterocycles. The van der Waals surface area contributed by atoms with Gasteiger partial charge in [-0.05, 0) is 6.92 Å². The Bertz CT molecular complexity index is 199. The van der Waals surface area contributed by atoms with Crippen molar-refractivity contribution < 1.29 is 12.6 Å². The second kappa shape index (κ2) is 5.80. The zero-order valence-electron chi connectivity index (χ0n) is 7.61. The van der Waals surface area contributed by atoms with Gasteiger partial charge in [-0.2, -0.15) is 8.42 Å². The van der Waals surface area contributed by atoms with Crippen LogP contribution in [0.2, 0.25) is 0 Å². The predicted octanol–water partition coefficient (Wildman–Crippen LogP) is 1.26. The second-order valence-corrected chi connectivity index (χ2v) is 5.39. The van der Waals surface area contributed by atoms with Gasteiger partial charge in [0.25, 0.3) is 0 Å². The van der Waals surface area contributed by atoms with Gasteiger partial charge < -0.3 is 0 Å². The van der Waals surface area contributed by atoms with Gasteiger partial charge in [0.05, 0.1) is 17.6 Å². The summed E-state index contributed by atoms with van der Waals surface area (Å²) in [5.74, 6) is 0. The minimum Gasteiger partial charge on any atom is -0.261 e. The molecule has 74 valence electrons. The summed E-state index contributed by atoms with van der Waals surface area (Å²) in [5, 5.41) is 0. The third-order valence-electron chi connectivity index (χ3n) is 1.16. The van der Waals surface area contributed by atoms with Crippen LogP contribution in [-0.4, -0.2) is 32.4 Å². The van der Waals surface area contributed by atoms with Crippen LogP contribution >= 0.6 is 11.0 Å². The molecule has 0 aromatic heterocycles. The molecule has 0 aliphatic carbocycles. The molecule has 6 heteroatoms. The average molecular weight is 213 g/mol. The number of hydrogen-bond donors (Lipinski definition) is 0. The summed E-state index contributed by atoms with van der Waals surface area (Å²) in [7, 11) is -2.66.